The Balaban J connectivity index is 0.000000243. The second-order valence-electron chi connectivity index (χ2n) is 10.3. The molecule has 35 heavy (non-hydrogen) atoms. The molecule has 2 aromatic carbocycles. The van der Waals surface area contributed by atoms with Crippen LogP contribution < -0.4 is 5.73 Å². The summed E-state index contributed by atoms with van der Waals surface area (Å²) < 4.78 is 31.5. The average Bonchev–Trinajstić information content (AvgIpc) is 2.77. The van der Waals surface area contributed by atoms with Gasteiger partial charge in [-0.15, -0.1) is 0 Å². The normalized spacial score (nSPS) is 28.7. The monoisotopic (exact) mass is 502 g/mol. The van der Waals surface area contributed by atoms with Gasteiger partial charge in [0, 0.05) is 36.7 Å². The van der Waals surface area contributed by atoms with Crippen molar-refractivity contribution in [3.63, 3.8) is 0 Å². The zero-order valence-corrected chi connectivity index (χ0v) is 20.5. The summed E-state index contributed by atoms with van der Waals surface area (Å²) in [5.74, 6) is -0.743. The van der Waals surface area contributed by atoms with Crippen LogP contribution in [-0.2, 0) is 26.7 Å². The molecule has 2 fully saturated rings. The van der Waals surface area contributed by atoms with E-state index in [1.807, 2.05) is 6.07 Å². The fourth-order valence-electron chi connectivity index (χ4n) is 6.33. The molecular weight excluding hydrogens is 472 g/mol. The van der Waals surface area contributed by atoms with Crippen molar-refractivity contribution in [2.45, 2.75) is 54.1 Å². The minimum Gasteiger partial charge on any atom is -0.744 e. The van der Waals surface area contributed by atoms with Gasteiger partial charge in [0.1, 0.15) is 33.3 Å². The summed E-state index contributed by atoms with van der Waals surface area (Å²) in [6.07, 6.45) is 2.18. The van der Waals surface area contributed by atoms with E-state index < -0.39 is 27.0 Å². The first-order valence-corrected chi connectivity index (χ1v) is 12.9. The fraction of sp³-hybridized carbons (Fsp3) is 0.440. The van der Waals surface area contributed by atoms with Gasteiger partial charge in [0.05, 0.1) is 31.1 Å². The highest BCUT2D eigenvalue weighted by molar-refractivity contribution is 7.85. The molecule has 4 N–H and O–H groups in total. The van der Waals surface area contributed by atoms with E-state index in [1.165, 1.54) is 24.3 Å². The number of rotatable bonds is 2. The number of aliphatic hydroxyl groups is 1. The molecule has 0 spiro atoms. The van der Waals surface area contributed by atoms with Crippen LogP contribution in [0.25, 0.3) is 0 Å². The third-order valence-corrected chi connectivity index (χ3v) is 8.93. The van der Waals surface area contributed by atoms with E-state index in [0.717, 1.165) is 12.1 Å². The predicted octanol–water partition coefficient (Wildman–Crippen LogP) is 1.21. The summed E-state index contributed by atoms with van der Waals surface area (Å²) in [4.78, 5) is 23.9. The Morgan fingerprint density at radius 2 is 1.80 bits per heavy atom. The van der Waals surface area contributed by atoms with Gasteiger partial charge < -0.3 is 25.0 Å². The lowest BCUT2D eigenvalue weighted by Gasteiger charge is -2.64. The molecular formula is C25H30N2O7S. The minimum atomic E-state index is -4.25. The molecule has 3 atom stereocenters. The maximum Gasteiger partial charge on any atom is 0.252 e. The van der Waals surface area contributed by atoms with Gasteiger partial charge in [-0.05, 0) is 30.2 Å². The van der Waals surface area contributed by atoms with Crippen molar-refractivity contribution in [1.29, 1.82) is 0 Å². The lowest BCUT2D eigenvalue weighted by atomic mass is 9.48. The molecule has 0 radical (unpaired) electrons. The number of primary amides is 1. The van der Waals surface area contributed by atoms with E-state index in [9.17, 15) is 32.8 Å². The summed E-state index contributed by atoms with van der Waals surface area (Å²) >= 11 is 0. The molecule has 188 valence electrons. The summed E-state index contributed by atoms with van der Waals surface area (Å²) in [7, 11) is -0.0195. The van der Waals surface area contributed by atoms with Crippen LogP contribution in [0.3, 0.4) is 0 Å². The molecule has 1 aliphatic heterocycles. The maximum atomic E-state index is 12.4. The topological polar surface area (TPSA) is 158 Å². The zero-order chi connectivity index (χ0) is 25.8. The molecule has 5 rings (SSSR count). The Morgan fingerprint density at radius 3 is 2.37 bits per heavy atom. The van der Waals surface area contributed by atoms with Gasteiger partial charge in [0.25, 0.3) is 5.91 Å². The molecule has 1 amide bonds. The Bertz CT molecular complexity index is 1290. The molecule has 3 aliphatic rings. The number of phenols is 1. The smallest absolute Gasteiger partial charge is 0.252 e. The molecule has 2 aliphatic carbocycles. The van der Waals surface area contributed by atoms with Gasteiger partial charge >= 0.3 is 0 Å². The van der Waals surface area contributed by atoms with E-state index >= 15 is 0 Å². The number of amides is 1. The van der Waals surface area contributed by atoms with Gasteiger partial charge in [-0.2, -0.15) is 0 Å². The van der Waals surface area contributed by atoms with Gasteiger partial charge in [-0.3, -0.25) is 9.59 Å². The summed E-state index contributed by atoms with van der Waals surface area (Å²) in [5, 5.41) is 22.7. The Kier molecular flexibility index (Phi) is 6.08. The van der Waals surface area contributed by atoms with Crippen LogP contribution in [-0.4, -0.2) is 71.6 Å². The quantitative estimate of drug-likeness (QED) is 0.411. The van der Waals surface area contributed by atoms with E-state index in [1.54, 1.807) is 12.1 Å². The first-order chi connectivity index (χ1) is 16.2. The second kappa shape index (κ2) is 8.41. The molecule has 9 nitrogen and oxygen atoms in total. The number of piperidine rings is 1. The lowest BCUT2D eigenvalue weighted by molar-refractivity contribution is -0.931. The molecule has 0 unspecified atom stereocenters. The molecule has 2 aromatic rings. The van der Waals surface area contributed by atoms with E-state index in [2.05, 4.69) is 14.1 Å². The number of fused-ring (bicyclic) bond motifs is 1. The SMILES string of the molecule is C[N+]1(C)CC[C@]23CC(=O)CC[C@@]2(O)[C@H]1Cc1ccc(C(N)=O)c(O)c13.O=S(=O)([O-])c1ccccc1. The number of Topliss-reactive ketones (excluding diaryl/α,β-unsaturated/α-hetero) is 1. The highest BCUT2D eigenvalue weighted by Crippen LogP contribution is 2.60. The molecule has 10 heteroatoms. The number of carbonyl (C=O) groups excluding carboxylic acids is 2. The number of likely N-dealkylation sites (N-methyl/N-ethyl adjacent to an activating group) is 1. The van der Waals surface area contributed by atoms with Crippen molar-refractivity contribution in [2.75, 3.05) is 20.6 Å². The van der Waals surface area contributed by atoms with Crippen LogP contribution in [0.2, 0.25) is 0 Å². The fourth-order valence-corrected chi connectivity index (χ4v) is 6.82. The van der Waals surface area contributed by atoms with Crippen molar-refractivity contribution < 1.29 is 37.3 Å². The van der Waals surface area contributed by atoms with Crippen molar-refractivity contribution in [3.05, 3.63) is 59.2 Å². The maximum absolute atomic E-state index is 12.4. The summed E-state index contributed by atoms with van der Waals surface area (Å²) in [6.45, 7) is 0.805. The van der Waals surface area contributed by atoms with Gasteiger partial charge in [0.15, 0.2) is 0 Å². The van der Waals surface area contributed by atoms with E-state index in [4.69, 9.17) is 5.73 Å². The molecule has 1 saturated heterocycles. The van der Waals surface area contributed by atoms with Crippen molar-refractivity contribution in [3.8, 4) is 5.75 Å². The van der Waals surface area contributed by atoms with Crippen LogP contribution in [0.5, 0.6) is 5.75 Å². The summed E-state index contributed by atoms with van der Waals surface area (Å²) in [6, 6.07) is 10.5. The zero-order valence-electron chi connectivity index (χ0n) is 19.7. The van der Waals surface area contributed by atoms with E-state index in [-0.39, 0.29) is 34.5 Å². The number of ketones is 1. The number of nitrogens with two attached hydrogens (primary N) is 1. The van der Waals surface area contributed by atoms with Crippen LogP contribution in [0.4, 0.5) is 0 Å². The number of hydrogen-bond acceptors (Lipinski definition) is 7. The Hall–Kier alpha value is -2.79. The van der Waals surface area contributed by atoms with Gasteiger partial charge in [-0.1, -0.05) is 24.3 Å². The Morgan fingerprint density at radius 1 is 1.14 bits per heavy atom. The highest BCUT2D eigenvalue weighted by atomic mass is 32.2. The van der Waals surface area contributed by atoms with Crippen LogP contribution >= 0.6 is 0 Å². The van der Waals surface area contributed by atoms with Crippen molar-refractivity contribution in [1.82, 2.24) is 0 Å². The predicted molar refractivity (Wildman–Crippen MR) is 126 cm³/mol. The summed E-state index contributed by atoms with van der Waals surface area (Å²) in [5.41, 5.74) is 5.07. The molecule has 1 heterocycles. The van der Waals surface area contributed by atoms with Crippen LogP contribution in [0, 0.1) is 0 Å². The first kappa shape index (κ1) is 25.3. The standard InChI is InChI=1S/C19H24N2O4.C6H6O3S/c1-21(2)8-7-18-10-12(22)5-6-19(18,25)14(21)9-11-3-4-13(17(20)24)16(23)15(11)18;7-10(8,9)6-4-2-1-3-5-6/h3-4,14,25H,5-10H2,1-2H3,(H2-,20,23,24);1-5H,(H,7,8,9)/t14-,18-,19-;/m1./s1. The number of hydrogen-bond donors (Lipinski definition) is 3. The van der Waals surface area contributed by atoms with Crippen molar-refractivity contribution in [2.24, 2.45) is 5.73 Å². The number of likely N-dealkylation sites (tertiary alicyclic amines) is 1. The molecule has 0 aromatic heterocycles. The van der Waals surface area contributed by atoms with Gasteiger partial charge in [-0.25, -0.2) is 8.42 Å². The Labute approximate surface area is 204 Å². The molecule has 2 bridgehead atoms. The van der Waals surface area contributed by atoms with E-state index in [0.29, 0.717) is 35.7 Å². The first-order valence-electron chi connectivity index (χ1n) is 11.5. The number of quaternary nitrogens is 1. The highest BCUT2D eigenvalue weighted by Gasteiger charge is 2.69. The van der Waals surface area contributed by atoms with Crippen molar-refractivity contribution >= 4 is 21.8 Å². The third kappa shape index (κ3) is 4.04. The van der Waals surface area contributed by atoms with Gasteiger partial charge in [0.2, 0.25) is 0 Å². The molecule has 1 saturated carbocycles. The van der Waals surface area contributed by atoms with Crippen LogP contribution in [0.15, 0.2) is 47.4 Å². The van der Waals surface area contributed by atoms with Crippen LogP contribution in [0.1, 0.15) is 47.2 Å². The number of nitrogens with zero attached hydrogens (tertiary/aromatic N) is 1. The third-order valence-electron chi connectivity index (χ3n) is 8.08. The largest absolute Gasteiger partial charge is 0.744 e. The number of carbonyl (C=O) groups is 2. The average molecular weight is 503 g/mol. The number of benzene rings is 2. The second-order valence-corrected chi connectivity index (χ2v) is 11.7. The lowest BCUT2D eigenvalue weighted by Crippen LogP contribution is -2.77. The number of aromatic hydroxyl groups is 1. The minimum absolute atomic E-state index is 0.0410.